The van der Waals surface area contributed by atoms with Crippen molar-refractivity contribution in [3.8, 4) is 5.75 Å². The SMILES string of the molecule is c1cnc2c(c1)OOC2. The molecule has 2 rings (SSSR count). The summed E-state index contributed by atoms with van der Waals surface area (Å²) in [7, 11) is 0. The lowest BCUT2D eigenvalue weighted by Crippen LogP contribution is -1.81. The van der Waals surface area contributed by atoms with Crippen molar-refractivity contribution in [2.24, 2.45) is 0 Å². The minimum absolute atomic E-state index is 0.468. The van der Waals surface area contributed by atoms with Crippen LogP contribution < -0.4 is 4.89 Å². The van der Waals surface area contributed by atoms with Crippen LogP contribution >= 0.6 is 0 Å². The van der Waals surface area contributed by atoms with Crippen molar-refractivity contribution < 1.29 is 9.78 Å². The highest BCUT2D eigenvalue weighted by Crippen LogP contribution is 2.21. The number of hydrogen-bond acceptors (Lipinski definition) is 3. The summed E-state index contributed by atoms with van der Waals surface area (Å²) in [5.41, 5.74) is 0.873. The van der Waals surface area contributed by atoms with E-state index in [1.807, 2.05) is 12.1 Å². The van der Waals surface area contributed by atoms with Crippen molar-refractivity contribution in [1.82, 2.24) is 4.98 Å². The number of aromatic nitrogens is 1. The molecule has 0 bridgehead atoms. The second-order valence-electron chi connectivity index (χ2n) is 1.79. The Morgan fingerprint density at radius 2 is 2.56 bits per heavy atom. The van der Waals surface area contributed by atoms with E-state index in [-0.39, 0.29) is 0 Å². The molecule has 46 valence electrons. The number of nitrogens with zero attached hydrogens (tertiary/aromatic N) is 1. The zero-order chi connectivity index (χ0) is 6.10. The summed E-state index contributed by atoms with van der Waals surface area (Å²) in [5, 5.41) is 0. The molecule has 1 aliphatic rings. The Kier molecular flexibility index (Phi) is 0.899. The molecule has 0 unspecified atom stereocenters. The highest BCUT2D eigenvalue weighted by atomic mass is 17.2. The monoisotopic (exact) mass is 123 g/mol. The van der Waals surface area contributed by atoms with Gasteiger partial charge in [0, 0.05) is 6.20 Å². The first-order chi connectivity index (χ1) is 4.47. The van der Waals surface area contributed by atoms with E-state index in [4.69, 9.17) is 4.89 Å². The van der Waals surface area contributed by atoms with Gasteiger partial charge in [-0.15, -0.1) is 0 Å². The smallest absolute Gasteiger partial charge is 0.189 e. The number of hydrogen-bond donors (Lipinski definition) is 0. The van der Waals surface area contributed by atoms with Crippen molar-refractivity contribution in [1.29, 1.82) is 0 Å². The zero-order valence-corrected chi connectivity index (χ0v) is 4.70. The van der Waals surface area contributed by atoms with Crippen LogP contribution in [0, 0.1) is 0 Å². The lowest BCUT2D eigenvalue weighted by Gasteiger charge is -1.88. The fourth-order valence-corrected chi connectivity index (χ4v) is 0.756. The summed E-state index contributed by atoms with van der Waals surface area (Å²) in [6, 6.07) is 3.64. The van der Waals surface area contributed by atoms with Gasteiger partial charge in [-0.1, -0.05) is 0 Å². The van der Waals surface area contributed by atoms with Crippen LogP contribution in [0.5, 0.6) is 5.75 Å². The molecule has 0 atom stereocenters. The van der Waals surface area contributed by atoms with E-state index in [0.717, 1.165) is 11.4 Å². The van der Waals surface area contributed by atoms with E-state index in [1.165, 1.54) is 0 Å². The van der Waals surface area contributed by atoms with E-state index in [0.29, 0.717) is 6.61 Å². The first-order valence-corrected chi connectivity index (χ1v) is 2.70. The van der Waals surface area contributed by atoms with E-state index < -0.39 is 0 Å². The van der Waals surface area contributed by atoms with Crippen LogP contribution in [0.1, 0.15) is 5.69 Å². The molecule has 0 radical (unpaired) electrons. The van der Waals surface area contributed by atoms with Gasteiger partial charge in [-0.2, -0.15) is 4.89 Å². The summed E-state index contributed by atoms with van der Waals surface area (Å²) in [6.45, 7) is 0.468. The summed E-state index contributed by atoms with van der Waals surface area (Å²) in [4.78, 5) is 13.4. The van der Waals surface area contributed by atoms with Crippen LogP contribution in [0.3, 0.4) is 0 Å². The van der Waals surface area contributed by atoms with Gasteiger partial charge < -0.3 is 4.89 Å². The fourth-order valence-electron chi connectivity index (χ4n) is 0.756. The van der Waals surface area contributed by atoms with Crippen molar-refractivity contribution >= 4 is 0 Å². The van der Waals surface area contributed by atoms with Crippen LogP contribution in [0.4, 0.5) is 0 Å². The lowest BCUT2D eigenvalue weighted by atomic mass is 10.3. The molecule has 1 aliphatic heterocycles. The number of pyridine rings is 1. The highest BCUT2D eigenvalue weighted by Gasteiger charge is 2.12. The largest absolute Gasteiger partial charge is 0.335 e. The number of rotatable bonds is 0. The molecule has 0 N–H and O–H groups in total. The molecule has 2 heterocycles. The van der Waals surface area contributed by atoms with Gasteiger partial charge in [-0.3, -0.25) is 4.98 Å². The molecular formula is C6H5NO2. The van der Waals surface area contributed by atoms with E-state index in [1.54, 1.807) is 6.20 Å². The summed E-state index contributed by atoms with van der Waals surface area (Å²) in [5.74, 6) is 0.734. The van der Waals surface area contributed by atoms with Crippen molar-refractivity contribution in [2.45, 2.75) is 6.61 Å². The Hall–Kier alpha value is -1.09. The van der Waals surface area contributed by atoms with Gasteiger partial charge >= 0.3 is 0 Å². The molecule has 3 heteroatoms. The lowest BCUT2D eigenvalue weighted by molar-refractivity contribution is -0.194. The maximum atomic E-state index is 4.74. The van der Waals surface area contributed by atoms with Gasteiger partial charge in [0.05, 0.1) is 0 Å². The first kappa shape index (κ1) is 4.76. The van der Waals surface area contributed by atoms with Gasteiger partial charge in [0.1, 0.15) is 12.3 Å². The average molecular weight is 123 g/mol. The Morgan fingerprint density at radius 3 is 3.44 bits per heavy atom. The Labute approximate surface area is 52.2 Å². The third kappa shape index (κ3) is 0.658. The molecule has 0 spiro atoms. The molecule has 0 amide bonds. The van der Waals surface area contributed by atoms with E-state index in [2.05, 4.69) is 9.87 Å². The second-order valence-corrected chi connectivity index (χ2v) is 1.79. The maximum Gasteiger partial charge on any atom is 0.189 e. The normalized spacial score (nSPS) is 14.7. The Bertz CT molecular complexity index is 201. The highest BCUT2D eigenvalue weighted by molar-refractivity contribution is 5.26. The fraction of sp³-hybridized carbons (Fsp3) is 0.167. The zero-order valence-electron chi connectivity index (χ0n) is 4.70. The first-order valence-electron chi connectivity index (χ1n) is 2.70. The van der Waals surface area contributed by atoms with Gasteiger partial charge in [-0.05, 0) is 12.1 Å². The second kappa shape index (κ2) is 1.70. The third-order valence-electron chi connectivity index (χ3n) is 1.19. The molecule has 0 saturated heterocycles. The molecule has 0 fully saturated rings. The minimum Gasteiger partial charge on any atom is -0.335 e. The van der Waals surface area contributed by atoms with Crippen molar-refractivity contribution in [3.63, 3.8) is 0 Å². The van der Waals surface area contributed by atoms with Crippen LogP contribution in [-0.2, 0) is 11.5 Å². The molecule has 9 heavy (non-hydrogen) atoms. The predicted molar refractivity (Wildman–Crippen MR) is 29.7 cm³/mol. The minimum atomic E-state index is 0.468. The van der Waals surface area contributed by atoms with E-state index in [9.17, 15) is 0 Å². The standard InChI is InChI=1S/C6H5NO2/c1-2-6-5(7-3-1)4-8-9-6/h1-3H,4H2. The summed E-state index contributed by atoms with van der Waals surface area (Å²) >= 11 is 0. The summed E-state index contributed by atoms with van der Waals surface area (Å²) in [6.07, 6.45) is 1.72. The molecule has 0 aliphatic carbocycles. The Balaban J connectivity index is 2.54. The molecule has 3 nitrogen and oxygen atoms in total. The maximum absolute atomic E-state index is 4.74. The van der Waals surface area contributed by atoms with Crippen molar-refractivity contribution in [2.75, 3.05) is 0 Å². The summed E-state index contributed by atoms with van der Waals surface area (Å²) < 4.78 is 0. The van der Waals surface area contributed by atoms with Crippen LogP contribution in [0.2, 0.25) is 0 Å². The molecule has 0 aromatic carbocycles. The average Bonchev–Trinajstić information content (AvgIpc) is 2.33. The topological polar surface area (TPSA) is 31.4 Å². The Morgan fingerprint density at radius 1 is 1.56 bits per heavy atom. The van der Waals surface area contributed by atoms with E-state index >= 15 is 0 Å². The van der Waals surface area contributed by atoms with Gasteiger partial charge in [-0.25, -0.2) is 0 Å². The third-order valence-corrected chi connectivity index (χ3v) is 1.19. The van der Waals surface area contributed by atoms with Crippen LogP contribution in [-0.4, -0.2) is 4.98 Å². The quantitative estimate of drug-likeness (QED) is 0.480. The number of fused-ring (bicyclic) bond motifs is 1. The van der Waals surface area contributed by atoms with Gasteiger partial charge in [0.25, 0.3) is 0 Å². The molecular weight excluding hydrogens is 118 g/mol. The predicted octanol–water partition coefficient (Wildman–Crippen LogP) is 0.906. The van der Waals surface area contributed by atoms with Gasteiger partial charge in [0.15, 0.2) is 5.75 Å². The van der Waals surface area contributed by atoms with Crippen molar-refractivity contribution in [3.05, 3.63) is 24.0 Å². The van der Waals surface area contributed by atoms with Crippen LogP contribution in [0.25, 0.3) is 0 Å². The van der Waals surface area contributed by atoms with Gasteiger partial charge in [0.2, 0.25) is 0 Å². The molecule has 0 saturated carbocycles. The molecule has 1 aromatic rings. The molecule has 1 aromatic heterocycles. The van der Waals surface area contributed by atoms with Crippen LogP contribution in [0.15, 0.2) is 18.3 Å².